The van der Waals surface area contributed by atoms with Crippen LogP contribution >= 0.6 is 0 Å². The standard InChI is InChI=1S/C57H107N7O10/c1-14-15-16-17-18-19-20-21-22-23-24-25-26-27-28-29-30-37-48(65)58-41-42-59-49(66)47(64(53(70)74-57(11,12)13)46-35-40-62-52(69)73-56(8,9)10)36-31-32-43-63(44-33-38-60-50(67)71-54(2,3)4)45-34-39-61-51(68)72-55(5,6)7/h1,47H,15-46H2,2-13H3,(H,58,65)(H,59,66)(H,60,67)(H,61,68)(H,62,69). The molecule has 0 heterocycles. The van der Waals surface area contributed by atoms with Gasteiger partial charge in [-0.25, -0.2) is 19.2 Å². The van der Waals surface area contributed by atoms with Gasteiger partial charge in [-0.05, 0) is 154 Å². The van der Waals surface area contributed by atoms with Crippen LogP contribution in [0, 0.1) is 12.3 Å². The van der Waals surface area contributed by atoms with Gasteiger partial charge >= 0.3 is 24.4 Å². The van der Waals surface area contributed by atoms with Gasteiger partial charge in [0, 0.05) is 52.1 Å². The van der Waals surface area contributed by atoms with E-state index in [1.54, 1.807) is 41.5 Å². The number of nitrogens with one attached hydrogen (secondary N) is 5. The lowest BCUT2D eigenvalue weighted by Gasteiger charge is -2.33. The Bertz CT molecular complexity index is 1560. The van der Waals surface area contributed by atoms with Crippen LogP contribution in [0.25, 0.3) is 0 Å². The van der Waals surface area contributed by atoms with Crippen LogP contribution in [-0.2, 0) is 28.5 Å². The first-order valence-corrected chi connectivity index (χ1v) is 28.3. The van der Waals surface area contributed by atoms with Gasteiger partial charge in [0.05, 0.1) is 0 Å². The molecule has 0 spiro atoms. The predicted octanol–water partition coefficient (Wildman–Crippen LogP) is 11.3. The van der Waals surface area contributed by atoms with E-state index in [1.165, 1.54) is 75.5 Å². The highest BCUT2D eigenvalue weighted by atomic mass is 16.6. The summed E-state index contributed by atoms with van der Waals surface area (Å²) < 4.78 is 22.0. The van der Waals surface area contributed by atoms with E-state index in [0.29, 0.717) is 77.7 Å². The van der Waals surface area contributed by atoms with Gasteiger partial charge in [0.1, 0.15) is 28.4 Å². The molecule has 74 heavy (non-hydrogen) atoms. The molecule has 0 saturated heterocycles. The second kappa shape index (κ2) is 39.9. The average molecular weight is 1050 g/mol. The Hall–Kier alpha value is -4.46. The molecule has 0 aliphatic rings. The normalized spacial score (nSPS) is 12.3. The third-order valence-electron chi connectivity index (χ3n) is 11.4. The van der Waals surface area contributed by atoms with Crippen LogP contribution in [0.4, 0.5) is 19.2 Å². The SMILES string of the molecule is C#CCCCCCCCCCCCCCCCCCC(=O)NCCNC(=O)C(CCCCN(CCCNC(=O)OC(C)(C)C)CCCNC(=O)OC(C)(C)C)N(CCCNC(=O)OC(C)(C)C)C(=O)OC(C)(C)C. The summed E-state index contributed by atoms with van der Waals surface area (Å²) in [5.41, 5.74) is -2.74. The number of hydrogen-bond donors (Lipinski definition) is 5. The minimum atomic E-state index is -0.906. The quantitative estimate of drug-likeness (QED) is 0.0222. The van der Waals surface area contributed by atoms with Crippen LogP contribution in [0.5, 0.6) is 0 Å². The number of nitrogens with zero attached hydrogens (tertiary/aromatic N) is 2. The Morgan fingerprint density at radius 1 is 0.419 bits per heavy atom. The fraction of sp³-hybridized carbons (Fsp3) is 0.860. The van der Waals surface area contributed by atoms with Gasteiger partial charge in [-0.15, -0.1) is 12.3 Å². The smallest absolute Gasteiger partial charge is 0.410 e. The molecule has 17 nitrogen and oxygen atoms in total. The van der Waals surface area contributed by atoms with E-state index in [2.05, 4.69) is 37.4 Å². The number of unbranched alkanes of at least 4 members (excludes halogenated alkanes) is 16. The summed E-state index contributed by atoms with van der Waals surface area (Å²) in [4.78, 5) is 81.4. The van der Waals surface area contributed by atoms with E-state index in [1.807, 2.05) is 41.5 Å². The third kappa shape index (κ3) is 45.0. The summed E-state index contributed by atoms with van der Waals surface area (Å²) in [5.74, 6) is 2.29. The number of terminal acetylenes is 1. The number of ether oxygens (including phenoxy) is 4. The monoisotopic (exact) mass is 1050 g/mol. The van der Waals surface area contributed by atoms with Crippen LogP contribution in [0.1, 0.15) is 231 Å². The molecule has 0 aromatic heterocycles. The molecule has 0 fully saturated rings. The molecule has 0 radical (unpaired) electrons. The van der Waals surface area contributed by atoms with Crippen molar-refractivity contribution in [1.82, 2.24) is 36.4 Å². The summed E-state index contributed by atoms with van der Waals surface area (Å²) in [6.45, 7) is 25.0. The van der Waals surface area contributed by atoms with Crippen LogP contribution in [0.3, 0.4) is 0 Å². The zero-order valence-corrected chi connectivity index (χ0v) is 48.8. The van der Waals surface area contributed by atoms with Gasteiger partial charge in [-0.1, -0.05) is 83.5 Å². The number of hydrogen-bond acceptors (Lipinski definition) is 11. The predicted molar refractivity (Wildman–Crippen MR) is 297 cm³/mol. The van der Waals surface area contributed by atoms with Gasteiger partial charge in [-0.2, -0.15) is 0 Å². The van der Waals surface area contributed by atoms with Crippen LogP contribution in [0.2, 0.25) is 0 Å². The van der Waals surface area contributed by atoms with Crippen molar-refractivity contribution >= 4 is 36.2 Å². The Labute approximate surface area is 449 Å². The maximum absolute atomic E-state index is 14.1. The van der Waals surface area contributed by atoms with E-state index in [9.17, 15) is 28.8 Å². The fourth-order valence-electron chi connectivity index (χ4n) is 7.91. The van der Waals surface area contributed by atoms with Crippen LogP contribution < -0.4 is 26.6 Å². The third-order valence-corrected chi connectivity index (χ3v) is 11.4. The molecule has 6 amide bonds. The van der Waals surface area contributed by atoms with Gasteiger partial charge in [0.2, 0.25) is 11.8 Å². The maximum atomic E-state index is 14.1. The van der Waals surface area contributed by atoms with Gasteiger partial charge in [0.25, 0.3) is 0 Å². The Morgan fingerprint density at radius 3 is 1.19 bits per heavy atom. The van der Waals surface area contributed by atoms with Crippen molar-refractivity contribution in [2.75, 3.05) is 58.9 Å². The number of alkyl carbamates (subject to hydrolysis) is 3. The molecule has 0 aromatic carbocycles. The molecule has 17 heteroatoms. The minimum absolute atomic E-state index is 0.0537. The largest absolute Gasteiger partial charge is 0.444 e. The van der Waals surface area contributed by atoms with Crippen molar-refractivity contribution in [2.45, 2.75) is 259 Å². The average Bonchev–Trinajstić information content (AvgIpc) is 3.26. The Kier molecular flexibility index (Phi) is 37.5. The summed E-state index contributed by atoms with van der Waals surface area (Å²) in [6.07, 6.45) is 26.0. The molecule has 1 atom stereocenters. The van der Waals surface area contributed by atoms with Gasteiger partial charge in [0.15, 0.2) is 0 Å². The van der Waals surface area contributed by atoms with E-state index in [-0.39, 0.29) is 38.0 Å². The topological polar surface area (TPSA) is 206 Å². The number of rotatable bonds is 39. The number of carbonyl (C=O) groups excluding carboxylic acids is 6. The van der Waals surface area contributed by atoms with Crippen molar-refractivity contribution in [2.24, 2.45) is 0 Å². The van der Waals surface area contributed by atoms with Gasteiger partial charge in [-0.3, -0.25) is 14.5 Å². The van der Waals surface area contributed by atoms with Crippen molar-refractivity contribution < 1.29 is 47.7 Å². The highest BCUT2D eigenvalue weighted by Gasteiger charge is 2.33. The molecule has 0 aliphatic heterocycles. The minimum Gasteiger partial charge on any atom is -0.444 e. The lowest BCUT2D eigenvalue weighted by molar-refractivity contribution is -0.127. The first kappa shape index (κ1) is 69.5. The Morgan fingerprint density at radius 2 is 0.784 bits per heavy atom. The van der Waals surface area contributed by atoms with E-state index < -0.39 is 52.8 Å². The van der Waals surface area contributed by atoms with Crippen molar-refractivity contribution in [3.8, 4) is 12.3 Å². The second-order valence-electron chi connectivity index (χ2n) is 23.5. The number of carbonyl (C=O) groups is 6. The van der Waals surface area contributed by atoms with Crippen molar-refractivity contribution in [1.29, 1.82) is 0 Å². The van der Waals surface area contributed by atoms with Crippen molar-refractivity contribution in [3.05, 3.63) is 0 Å². The van der Waals surface area contributed by atoms with Gasteiger partial charge < -0.3 is 50.4 Å². The van der Waals surface area contributed by atoms with E-state index in [4.69, 9.17) is 25.4 Å². The number of amides is 6. The molecule has 0 bridgehead atoms. The fourth-order valence-corrected chi connectivity index (χ4v) is 7.91. The first-order valence-electron chi connectivity index (χ1n) is 28.3. The summed E-state index contributed by atoms with van der Waals surface area (Å²) in [6, 6.07) is -0.906. The molecule has 0 aliphatic carbocycles. The lowest BCUT2D eigenvalue weighted by atomic mass is 10.0. The first-order chi connectivity index (χ1) is 34.7. The summed E-state index contributed by atoms with van der Waals surface area (Å²) in [5, 5.41) is 14.3. The summed E-state index contributed by atoms with van der Waals surface area (Å²) >= 11 is 0. The lowest BCUT2D eigenvalue weighted by Crippen LogP contribution is -2.52. The molecular weight excluding hydrogens is 943 g/mol. The van der Waals surface area contributed by atoms with E-state index >= 15 is 0 Å². The zero-order valence-electron chi connectivity index (χ0n) is 48.8. The van der Waals surface area contributed by atoms with E-state index in [0.717, 1.165) is 32.1 Å². The summed E-state index contributed by atoms with van der Waals surface area (Å²) in [7, 11) is 0. The maximum Gasteiger partial charge on any atom is 0.410 e. The molecule has 0 aromatic rings. The van der Waals surface area contributed by atoms with Crippen LogP contribution in [0.15, 0.2) is 0 Å². The molecular formula is C57H107N7O10. The highest BCUT2D eigenvalue weighted by Crippen LogP contribution is 2.19. The molecule has 0 saturated carbocycles. The molecule has 0 rings (SSSR count). The highest BCUT2D eigenvalue weighted by molar-refractivity contribution is 5.86. The second-order valence-corrected chi connectivity index (χ2v) is 23.5. The zero-order chi connectivity index (χ0) is 55.9. The molecule has 430 valence electrons. The molecule has 5 N–H and O–H groups in total. The van der Waals surface area contributed by atoms with Crippen molar-refractivity contribution in [3.63, 3.8) is 0 Å². The van der Waals surface area contributed by atoms with Crippen LogP contribution in [-0.4, -0.2) is 133 Å². The Balaban J connectivity index is 5.53. The molecule has 1 unspecified atom stereocenters.